The van der Waals surface area contributed by atoms with Gasteiger partial charge in [0.15, 0.2) is 6.10 Å². The van der Waals surface area contributed by atoms with Crippen molar-refractivity contribution in [3.63, 3.8) is 0 Å². The second kappa shape index (κ2) is 5.94. The molecule has 7 heteroatoms. The molecule has 0 fully saturated rings. The van der Waals surface area contributed by atoms with Crippen molar-refractivity contribution >= 4 is 29.6 Å². The molecule has 2 rings (SSSR count). The van der Waals surface area contributed by atoms with E-state index in [2.05, 4.69) is 5.32 Å². The highest BCUT2D eigenvalue weighted by molar-refractivity contribution is 6.30. The van der Waals surface area contributed by atoms with E-state index in [-0.39, 0.29) is 13.2 Å². The van der Waals surface area contributed by atoms with Gasteiger partial charge in [0.2, 0.25) is 0 Å². The molecule has 106 valence electrons. The number of carbonyl (C=O) groups excluding carboxylic acids is 1. The van der Waals surface area contributed by atoms with Gasteiger partial charge in [-0.1, -0.05) is 11.6 Å². The maximum atomic E-state index is 11.8. The topological polar surface area (TPSA) is 95.9 Å². The number of rotatable bonds is 4. The SMILES string of the molecule is O=C(NC[C@H](O)C(=O)O)C1=Cc2cc(Cl)ccc2OC1. The first kappa shape index (κ1) is 14.4. The van der Waals surface area contributed by atoms with Crippen LogP contribution in [0.1, 0.15) is 5.56 Å². The minimum Gasteiger partial charge on any atom is -0.488 e. The van der Waals surface area contributed by atoms with Crippen molar-refractivity contribution in [2.24, 2.45) is 0 Å². The van der Waals surface area contributed by atoms with E-state index < -0.39 is 18.0 Å². The Morgan fingerprint density at radius 3 is 2.90 bits per heavy atom. The molecule has 6 nitrogen and oxygen atoms in total. The van der Waals surface area contributed by atoms with E-state index in [4.69, 9.17) is 26.6 Å². The summed E-state index contributed by atoms with van der Waals surface area (Å²) in [5.41, 5.74) is 1.00. The van der Waals surface area contributed by atoms with Crippen LogP contribution in [0.4, 0.5) is 0 Å². The number of hydrogen-bond acceptors (Lipinski definition) is 4. The maximum Gasteiger partial charge on any atom is 0.334 e. The lowest BCUT2D eigenvalue weighted by Gasteiger charge is -2.18. The Kier molecular flexibility index (Phi) is 4.26. The maximum absolute atomic E-state index is 11.8. The Morgan fingerprint density at radius 1 is 1.45 bits per heavy atom. The monoisotopic (exact) mass is 297 g/mol. The van der Waals surface area contributed by atoms with Gasteiger partial charge in [-0.2, -0.15) is 0 Å². The molecule has 3 N–H and O–H groups in total. The van der Waals surface area contributed by atoms with Crippen LogP contribution in [0.3, 0.4) is 0 Å². The molecule has 1 heterocycles. The smallest absolute Gasteiger partial charge is 0.334 e. The first-order chi connectivity index (χ1) is 9.47. The Bertz CT molecular complexity index is 584. The molecule has 1 aromatic rings. The predicted molar refractivity (Wildman–Crippen MR) is 71.6 cm³/mol. The number of nitrogens with one attached hydrogen (secondary N) is 1. The van der Waals surface area contributed by atoms with Crippen LogP contribution in [0.15, 0.2) is 23.8 Å². The molecule has 0 saturated carbocycles. The number of ether oxygens (including phenoxy) is 1. The zero-order valence-electron chi connectivity index (χ0n) is 10.3. The zero-order chi connectivity index (χ0) is 14.7. The van der Waals surface area contributed by atoms with Crippen LogP contribution in [0, 0.1) is 0 Å². The molecular weight excluding hydrogens is 286 g/mol. The van der Waals surface area contributed by atoms with Crippen molar-refractivity contribution in [3.8, 4) is 5.75 Å². The average molecular weight is 298 g/mol. The van der Waals surface area contributed by atoms with Crippen LogP contribution >= 0.6 is 11.6 Å². The number of halogens is 1. The third-order valence-corrected chi connectivity index (χ3v) is 2.95. The fourth-order valence-corrected chi connectivity index (χ4v) is 1.85. The number of fused-ring (bicyclic) bond motifs is 1. The molecule has 0 unspecified atom stereocenters. The Morgan fingerprint density at radius 2 is 2.20 bits per heavy atom. The summed E-state index contributed by atoms with van der Waals surface area (Å²) in [5, 5.41) is 20.4. The standard InChI is InChI=1S/C13H12ClNO5/c14-9-1-2-11-7(4-9)3-8(6-20-11)12(17)15-5-10(16)13(18)19/h1-4,10,16H,5-6H2,(H,15,17)(H,18,19)/t10-/m0/s1. The van der Waals surface area contributed by atoms with Gasteiger partial charge >= 0.3 is 5.97 Å². The lowest BCUT2D eigenvalue weighted by Crippen LogP contribution is -2.38. The minimum atomic E-state index is -1.63. The molecule has 20 heavy (non-hydrogen) atoms. The van der Waals surface area contributed by atoms with Crippen molar-refractivity contribution in [2.45, 2.75) is 6.10 Å². The predicted octanol–water partition coefficient (Wildman–Crippen LogP) is 0.677. The average Bonchev–Trinajstić information content (AvgIpc) is 2.43. The van der Waals surface area contributed by atoms with Crippen LogP contribution in [-0.2, 0) is 9.59 Å². The molecule has 0 aliphatic carbocycles. The first-order valence-electron chi connectivity index (χ1n) is 5.79. The highest BCUT2D eigenvalue weighted by atomic mass is 35.5. The van der Waals surface area contributed by atoms with Crippen molar-refractivity contribution in [1.29, 1.82) is 0 Å². The van der Waals surface area contributed by atoms with Gasteiger partial charge in [0, 0.05) is 10.6 Å². The van der Waals surface area contributed by atoms with Crippen LogP contribution in [0.5, 0.6) is 5.75 Å². The summed E-state index contributed by atoms with van der Waals surface area (Å²) < 4.78 is 5.40. The quantitative estimate of drug-likeness (QED) is 0.759. The Balaban J connectivity index is 2.06. The van der Waals surface area contributed by atoms with Gasteiger partial charge in [0.05, 0.1) is 12.1 Å². The largest absolute Gasteiger partial charge is 0.488 e. The van der Waals surface area contributed by atoms with E-state index >= 15 is 0 Å². The molecule has 1 amide bonds. The van der Waals surface area contributed by atoms with E-state index in [0.717, 1.165) is 0 Å². The van der Waals surface area contributed by atoms with E-state index in [1.54, 1.807) is 24.3 Å². The van der Waals surface area contributed by atoms with Gasteiger partial charge in [0.25, 0.3) is 5.91 Å². The third-order valence-electron chi connectivity index (χ3n) is 2.72. The molecule has 0 radical (unpaired) electrons. The summed E-state index contributed by atoms with van der Waals surface area (Å²) in [6, 6.07) is 5.05. The van der Waals surface area contributed by atoms with E-state index in [0.29, 0.717) is 21.9 Å². The van der Waals surface area contributed by atoms with Crippen molar-refractivity contribution in [3.05, 3.63) is 34.4 Å². The number of carbonyl (C=O) groups is 2. The van der Waals surface area contributed by atoms with Crippen molar-refractivity contribution in [2.75, 3.05) is 13.2 Å². The summed E-state index contributed by atoms with van der Waals surface area (Å²) >= 11 is 5.86. The van der Waals surface area contributed by atoms with Crippen LogP contribution in [0.2, 0.25) is 5.02 Å². The van der Waals surface area contributed by atoms with Crippen LogP contribution < -0.4 is 10.1 Å². The van der Waals surface area contributed by atoms with Crippen LogP contribution in [0.25, 0.3) is 6.08 Å². The molecular formula is C13H12ClNO5. The van der Waals surface area contributed by atoms with Gasteiger partial charge in [-0.3, -0.25) is 4.79 Å². The second-order valence-electron chi connectivity index (χ2n) is 4.20. The number of aliphatic hydroxyl groups is 1. The number of amides is 1. The van der Waals surface area contributed by atoms with Gasteiger partial charge in [-0.15, -0.1) is 0 Å². The summed E-state index contributed by atoms with van der Waals surface area (Å²) in [5.74, 6) is -1.26. The normalized spacial score (nSPS) is 14.6. The van der Waals surface area contributed by atoms with Gasteiger partial charge in [0.1, 0.15) is 12.4 Å². The molecule has 0 saturated heterocycles. The van der Waals surface area contributed by atoms with Crippen molar-refractivity contribution < 1.29 is 24.5 Å². The number of hydrogen-bond donors (Lipinski definition) is 3. The van der Waals surface area contributed by atoms with Gasteiger partial charge in [-0.25, -0.2) is 4.79 Å². The molecule has 0 bridgehead atoms. The summed E-state index contributed by atoms with van der Waals surface area (Å²) in [4.78, 5) is 22.3. The van der Waals surface area contributed by atoms with E-state index in [1.807, 2.05) is 0 Å². The highest BCUT2D eigenvalue weighted by Crippen LogP contribution is 2.28. The van der Waals surface area contributed by atoms with Crippen molar-refractivity contribution in [1.82, 2.24) is 5.32 Å². The van der Waals surface area contributed by atoms with Crippen LogP contribution in [-0.4, -0.2) is 41.3 Å². The second-order valence-corrected chi connectivity index (χ2v) is 4.64. The molecule has 1 aromatic carbocycles. The number of aliphatic hydroxyl groups excluding tert-OH is 1. The third kappa shape index (κ3) is 3.28. The molecule has 1 atom stereocenters. The zero-order valence-corrected chi connectivity index (χ0v) is 11.1. The van der Waals surface area contributed by atoms with Gasteiger partial charge < -0.3 is 20.3 Å². The lowest BCUT2D eigenvalue weighted by molar-refractivity contribution is -0.146. The van der Waals surface area contributed by atoms with Gasteiger partial charge in [-0.05, 0) is 24.3 Å². The molecule has 1 aliphatic heterocycles. The number of aliphatic carboxylic acids is 1. The minimum absolute atomic E-state index is 0.0730. The summed E-state index contributed by atoms with van der Waals surface area (Å²) in [6.07, 6.45) is -0.0153. The number of carboxylic acid groups (broad SMARTS) is 1. The highest BCUT2D eigenvalue weighted by Gasteiger charge is 2.19. The summed E-state index contributed by atoms with van der Waals surface area (Å²) in [6.45, 7) is -0.294. The van der Waals surface area contributed by atoms with E-state index in [1.165, 1.54) is 0 Å². The number of benzene rings is 1. The fourth-order valence-electron chi connectivity index (χ4n) is 1.67. The molecule has 0 spiro atoms. The van der Waals surface area contributed by atoms with E-state index in [9.17, 15) is 9.59 Å². The summed E-state index contributed by atoms with van der Waals surface area (Å²) in [7, 11) is 0. The Hall–Kier alpha value is -2.05. The molecule has 1 aliphatic rings. The lowest BCUT2D eigenvalue weighted by atomic mass is 10.1. The first-order valence-corrected chi connectivity index (χ1v) is 6.17. The molecule has 0 aromatic heterocycles. The fraction of sp³-hybridized carbons (Fsp3) is 0.231. The Labute approximate surface area is 119 Å². The number of carboxylic acids is 1.